The zero-order chi connectivity index (χ0) is 28.7. The van der Waals surface area contributed by atoms with E-state index in [1.54, 1.807) is 42.5 Å². The lowest BCUT2D eigenvalue weighted by atomic mass is 9.97. The quantitative estimate of drug-likeness (QED) is 0.200. The third-order valence-corrected chi connectivity index (χ3v) is 8.65. The number of halogens is 5. The Balaban J connectivity index is 1.15. The number of carbonyl (C=O) groups excluding carboxylic acids is 1. The first kappa shape index (κ1) is 27.5. The summed E-state index contributed by atoms with van der Waals surface area (Å²) in [5, 5.41) is 11.6. The second-order valence-corrected chi connectivity index (χ2v) is 11.2. The maximum atomic E-state index is 14.1. The number of benzene rings is 2. The van der Waals surface area contributed by atoms with Crippen molar-refractivity contribution in [2.24, 2.45) is 0 Å². The zero-order valence-corrected chi connectivity index (χ0v) is 23.4. The van der Waals surface area contributed by atoms with Gasteiger partial charge >= 0.3 is 6.18 Å². The third-order valence-electron chi connectivity index (χ3n) is 6.90. The fourth-order valence-corrected chi connectivity index (χ4v) is 6.10. The average molecular weight is 618 g/mol. The van der Waals surface area contributed by atoms with Gasteiger partial charge in [0.1, 0.15) is 11.4 Å². The van der Waals surface area contributed by atoms with Crippen LogP contribution in [-0.2, 0) is 6.18 Å². The van der Waals surface area contributed by atoms with Gasteiger partial charge in [-0.3, -0.25) is 4.79 Å². The number of carbonyl (C=O) groups is 1. The standard InChI is InChI=1S/C28H20Cl2F3N5O2S/c29-20-7-6-17(12-21(20)30)22-13-24(40-36-22)23-15-41-26(35-23)16-8-10-37(11-9-16)27(39)19-14-34-38(25(19)28(31,32)33)18-4-2-1-3-5-18/h1-7,12-16H,8-11H2. The second-order valence-electron chi connectivity index (χ2n) is 9.49. The summed E-state index contributed by atoms with van der Waals surface area (Å²) in [7, 11) is 0. The van der Waals surface area contributed by atoms with Crippen LogP contribution in [0.1, 0.15) is 39.8 Å². The minimum atomic E-state index is -4.76. The van der Waals surface area contributed by atoms with Gasteiger partial charge in [0, 0.05) is 36.0 Å². The number of hydrogen-bond acceptors (Lipinski definition) is 6. The van der Waals surface area contributed by atoms with E-state index < -0.39 is 23.3 Å². The van der Waals surface area contributed by atoms with Crippen molar-refractivity contribution in [3.05, 3.63) is 92.5 Å². The molecule has 3 aromatic heterocycles. The predicted molar refractivity (Wildman–Crippen MR) is 150 cm³/mol. The molecule has 1 fully saturated rings. The lowest BCUT2D eigenvalue weighted by Crippen LogP contribution is -2.38. The molecule has 0 unspecified atom stereocenters. The van der Waals surface area contributed by atoms with Gasteiger partial charge in [0.05, 0.1) is 32.5 Å². The number of aromatic nitrogens is 4. The molecule has 4 heterocycles. The highest BCUT2D eigenvalue weighted by Gasteiger charge is 2.42. The molecule has 6 rings (SSSR count). The van der Waals surface area contributed by atoms with E-state index in [1.807, 2.05) is 5.38 Å². The van der Waals surface area contributed by atoms with Crippen molar-refractivity contribution in [2.45, 2.75) is 24.9 Å². The predicted octanol–water partition coefficient (Wildman–Crippen LogP) is 8.00. The van der Waals surface area contributed by atoms with E-state index in [0.29, 0.717) is 53.1 Å². The number of nitrogens with zero attached hydrogens (tertiary/aromatic N) is 5. The molecule has 2 aromatic carbocycles. The molecule has 1 amide bonds. The molecule has 1 saturated heterocycles. The van der Waals surface area contributed by atoms with Crippen molar-refractivity contribution in [1.82, 2.24) is 24.8 Å². The lowest BCUT2D eigenvalue weighted by Gasteiger charge is -2.31. The fraction of sp³-hybridized carbons (Fsp3) is 0.214. The van der Waals surface area contributed by atoms with Crippen LogP contribution in [0.5, 0.6) is 0 Å². The summed E-state index contributed by atoms with van der Waals surface area (Å²) in [6.07, 6.45) is -2.62. The van der Waals surface area contributed by atoms with Crippen LogP contribution >= 0.6 is 34.5 Å². The van der Waals surface area contributed by atoms with Crippen LogP contribution in [0, 0.1) is 0 Å². The molecule has 0 bridgehead atoms. The Morgan fingerprint density at radius 2 is 1.76 bits per heavy atom. The van der Waals surface area contributed by atoms with Gasteiger partial charge in [-0.25, -0.2) is 9.67 Å². The number of para-hydroxylation sites is 1. The van der Waals surface area contributed by atoms with Gasteiger partial charge in [-0.2, -0.15) is 18.3 Å². The Labute approximate surface area is 246 Å². The molecule has 0 aliphatic carbocycles. The number of piperidine rings is 1. The smallest absolute Gasteiger partial charge is 0.354 e. The monoisotopic (exact) mass is 617 g/mol. The van der Waals surface area contributed by atoms with Gasteiger partial charge in [-0.15, -0.1) is 11.3 Å². The number of rotatable bonds is 5. The van der Waals surface area contributed by atoms with Crippen molar-refractivity contribution in [3.63, 3.8) is 0 Å². The summed E-state index contributed by atoms with van der Waals surface area (Å²) in [6.45, 7) is 0.603. The van der Waals surface area contributed by atoms with Crippen LogP contribution in [0.3, 0.4) is 0 Å². The van der Waals surface area contributed by atoms with E-state index in [0.717, 1.165) is 21.4 Å². The zero-order valence-electron chi connectivity index (χ0n) is 21.1. The minimum Gasteiger partial charge on any atom is -0.354 e. The Morgan fingerprint density at radius 1 is 1.00 bits per heavy atom. The van der Waals surface area contributed by atoms with E-state index in [2.05, 4.69) is 10.3 Å². The summed E-state index contributed by atoms with van der Waals surface area (Å²) >= 11 is 13.6. The highest BCUT2D eigenvalue weighted by Crippen LogP contribution is 2.37. The van der Waals surface area contributed by atoms with Crippen LogP contribution in [-0.4, -0.2) is 43.8 Å². The topological polar surface area (TPSA) is 77.1 Å². The Morgan fingerprint density at radius 3 is 2.46 bits per heavy atom. The largest absolute Gasteiger partial charge is 0.434 e. The second kappa shape index (κ2) is 11.0. The van der Waals surface area contributed by atoms with E-state index >= 15 is 0 Å². The Bertz CT molecular complexity index is 1710. The molecule has 41 heavy (non-hydrogen) atoms. The first-order valence-electron chi connectivity index (χ1n) is 12.6. The molecule has 0 saturated carbocycles. The highest BCUT2D eigenvalue weighted by atomic mass is 35.5. The van der Waals surface area contributed by atoms with Crippen molar-refractivity contribution >= 4 is 40.4 Å². The van der Waals surface area contributed by atoms with Crippen molar-refractivity contribution < 1.29 is 22.5 Å². The van der Waals surface area contributed by atoms with E-state index in [-0.39, 0.29) is 11.6 Å². The van der Waals surface area contributed by atoms with Crippen LogP contribution in [0.2, 0.25) is 10.0 Å². The number of thiazole rings is 1. The van der Waals surface area contributed by atoms with Crippen LogP contribution in [0.15, 0.2) is 70.7 Å². The average Bonchev–Trinajstić information content (AvgIpc) is 3.74. The van der Waals surface area contributed by atoms with Crippen molar-refractivity contribution in [3.8, 4) is 28.4 Å². The number of hydrogen-bond donors (Lipinski definition) is 0. The van der Waals surface area contributed by atoms with Gasteiger partial charge in [-0.1, -0.05) is 52.6 Å². The number of likely N-dealkylation sites (tertiary alicyclic amines) is 1. The van der Waals surface area contributed by atoms with Crippen molar-refractivity contribution in [2.75, 3.05) is 13.1 Å². The van der Waals surface area contributed by atoms with Gasteiger partial charge in [0.2, 0.25) is 0 Å². The van der Waals surface area contributed by atoms with Crippen LogP contribution in [0.25, 0.3) is 28.4 Å². The van der Waals surface area contributed by atoms with Gasteiger partial charge in [0.25, 0.3) is 5.91 Å². The molecule has 13 heteroatoms. The fourth-order valence-electron chi connectivity index (χ4n) is 4.82. The van der Waals surface area contributed by atoms with E-state index in [9.17, 15) is 18.0 Å². The maximum absolute atomic E-state index is 14.1. The lowest BCUT2D eigenvalue weighted by molar-refractivity contribution is -0.143. The molecule has 210 valence electrons. The Hall–Kier alpha value is -3.67. The first-order chi connectivity index (χ1) is 19.7. The SMILES string of the molecule is O=C(c1cnn(-c2ccccc2)c1C(F)(F)F)N1CCC(c2nc(-c3cc(-c4ccc(Cl)c(Cl)c4)no3)cs2)CC1. The molecular formula is C28H20Cl2F3N5O2S. The summed E-state index contributed by atoms with van der Waals surface area (Å²) in [4.78, 5) is 19.4. The summed E-state index contributed by atoms with van der Waals surface area (Å²) in [5.41, 5.74) is 0.671. The van der Waals surface area contributed by atoms with Crippen molar-refractivity contribution in [1.29, 1.82) is 0 Å². The molecule has 0 spiro atoms. The molecule has 7 nitrogen and oxygen atoms in total. The van der Waals surface area contributed by atoms with Gasteiger partial charge in [-0.05, 0) is 37.1 Å². The van der Waals surface area contributed by atoms with E-state index in [4.69, 9.17) is 32.7 Å². The molecular weight excluding hydrogens is 598 g/mol. The molecule has 1 aliphatic rings. The number of amides is 1. The highest BCUT2D eigenvalue weighted by molar-refractivity contribution is 7.10. The normalized spacial score (nSPS) is 14.5. The molecule has 5 aromatic rings. The summed E-state index contributed by atoms with van der Waals surface area (Å²) in [5.74, 6) is -0.130. The Kier molecular flexibility index (Phi) is 7.35. The summed E-state index contributed by atoms with van der Waals surface area (Å²) in [6, 6.07) is 14.9. The molecule has 0 radical (unpaired) electrons. The van der Waals surface area contributed by atoms with Crippen LogP contribution in [0.4, 0.5) is 13.2 Å². The molecule has 1 aliphatic heterocycles. The number of alkyl halides is 3. The minimum absolute atomic E-state index is 0.0596. The third kappa shape index (κ3) is 5.49. The van der Waals surface area contributed by atoms with E-state index in [1.165, 1.54) is 28.4 Å². The summed E-state index contributed by atoms with van der Waals surface area (Å²) < 4.78 is 48.4. The van der Waals surface area contributed by atoms with Gasteiger partial charge < -0.3 is 9.42 Å². The maximum Gasteiger partial charge on any atom is 0.434 e. The molecule has 0 N–H and O–H groups in total. The first-order valence-corrected chi connectivity index (χ1v) is 14.2. The van der Waals surface area contributed by atoms with Gasteiger partial charge in [0.15, 0.2) is 11.5 Å². The molecule has 0 atom stereocenters. The van der Waals surface area contributed by atoms with Crippen LogP contribution < -0.4 is 0 Å².